The zero-order chi connectivity index (χ0) is 25.9. The second-order valence-electron chi connectivity index (χ2n) is 8.70. The van der Waals surface area contributed by atoms with E-state index in [-0.39, 0.29) is 19.6 Å². The van der Waals surface area contributed by atoms with Gasteiger partial charge in [0.05, 0.1) is 19.1 Å². The molecule has 186 valence electrons. The third-order valence-corrected chi connectivity index (χ3v) is 4.40. The van der Waals surface area contributed by atoms with Crippen molar-refractivity contribution in [3.63, 3.8) is 0 Å². The summed E-state index contributed by atoms with van der Waals surface area (Å²) in [5.41, 5.74) is 1.50. The highest BCUT2D eigenvalue weighted by Gasteiger charge is 2.32. The molecule has 0 saturated carbocycles. The van der Waals surface area contributed by atoms with E-state index in [0.29, 0.717) is 5.56 Å². The predicted octanol–water partition coefficient (Wildman–Crippen LogP) is 2.29. The number of aryl methyl sites for hydroxylation is 2. The Labute approximate surface area is 200 Å². The zero-order valence-electron chi connectivity index (χ0n) is 20.7. The van der Waals surface area contributed by atoms with Gasteiger partial charge in [-0.15, -0.1) is 0 Å². The molecule has 1 aromatic rings. The fourth-order valence-corrected chi connectivity index (χ4v) is 3.22. The van der Waals surface area contributed by atoms with Crippen molar-refractivity contribution in [2.45, 2.75) is 59.6 Å². The first-order chi connectivity index (χ1) is 15.9. The van der Waals surface area contributed by atoms with E-state index in [1.165, 1.54) is 0 Å². The Morgan fingerprint density at radius 1 is 1.09 bits per heavy atom. The molecular formula is C24H34N4O6. The van der Waals surface area contributed by atoms with Gasteiger partial charge in [-0.3, -0.25) is 14.4 Å². The van der Waals surface area contributed by atoms with Crippen LogP contribution in [0, 0.1) is 25.2 Å². The molecule has 1 rings (SSSR count). The van der Waals surface area contributed by atoms with Crippen molar-refractivity contribution in [2.24, 2.45) is 0 Å². The molecule has 1 atom stereocenters. The number of alkyl carbamates (subject to hydrolysis) is 1. The summed E-state index contributed by atoms with van der Waals surface area (Å²) in [6.07, 6.45) is -0.828. The number of carbonyl (C=O) groups excluding carboxylic acids is 4. The summed E-state index contributed by atoms with van der Waals surface area (Å²) in [6.45, 7) is 9.83. The summed E-state index contributed by atoms with van der Waals surface area (Å²) in [7, 11) is 0. The molecule has 3 amide bonds. The van der Waals surface area contributed by atoms with Crippen LogP contribution in [0.3, 0.4) is 0 Å². The van der Waals surface area contributed by atoms with Gasteiger partial charge in [0, 0.05) is 6.54 Å². The molecule has 0 heterocycles. The van der Waals surface area contributed by atoms with E-state index in [9.17, 15) is 24.4 Å². The van der Waals surface area contributed by atoms with E-state index in [0.717, 1.165) is 16.0 Å². The van der Waals surface area contributed by atoms with Crippen LogP contribution in [-0.2, 0) is 23.9 Å². The third-order valence-electron chi connectivity index (χ3n) is 4.40. The molecule has 0 radical (unpaired) electrons. The molecule has 0 aromatic heterocycles. The van der Waals surface area contributed by atoms with Crippen molar-refractivity contribution in [3.8, 4) is 6.07 Å². The van der Waals surface area contributed by atoms with Crippen molar-refractivity contribution in [2.75, 3.05) is 26.2 Å². The first-order valence-corrected chi connectivity index (χ1v) is 11.0. The molecule has 0 saturated heterocycles. The van der Waals surface area contributed by atoms with Crippen LogP contribution in [0.1, 0.15) is 56.8 Å². The van der Waals surface area contributed by atoms with E-state index >= 15 is 0 Å². The van der Waals surface area contributed by atoms with Crippen molar-refractivity contribution >= 4 is 23.9 Å². The molecule has 10 nitrogen and oxygen atoms in total. The maximum Gasteiger partial charge on any atom is 0.408 e. The van der Waals surface area contributed by atoms with Crippen molar-refractivity contribution in [1.29, 1.82) is 5.26 Å². The molecule has 0 fully saturated rings. The topological polar surface area (TPSA) is 138 Å². The summed E-state index contributed by atoms with van der Waals surface area (Å²) in [5, 5.41) is 14.4. The quantitative estimate of drug-likeness (QED) is 0.392. The number of esters is 1. The summed E-state index contributed by atoms with van der Waals surface area (Å²) in [5.74, 6) is -1.66. The Hall–Kier alpha value is -3.61. The lowest BCUT2D eigenvalue weighted by Gasteiger charge is -2.30. The molecule has 1 unspecified atom stereocenters. The van der Waals surface area contributed by atoms with Crippen LogP contribution in [0.5, 0.6) is 0 Å². The van der Waals surface area contributed by atoms with Gasteiger partial charge >= 0.3 is 12.1 Å². The van der Waals surface area contributed by atoms with E-state index in [1.54, 1.807) is 39.8 Å². The molecule has 2 N–H and O–H groups in total. The number of nitriles is 1. The monoisotopic (exact) mass is 474 g/mol. The number of rotatable bonds is 10. The molecule has 10 heteroatoms. The number of hydrogen-bond acceptors (Lipinski definition) is 7. The summed E-state index contributed by atoms with van der Waals surface area (Å²) in [4.78, 5) is 50.9. The van der Waals surface area contributed by atoms with Gasteiger partial charge < -0.3 is 25.0 Å². The molecule has 0 bridgehead atoms. The van der Waals surface area contributed by atoms with Gasteiger partial charge in [-0.05, 0) is 47.1 Å². The van der Waals surface area contributed by atoms with E-state index in [2.05, 4.69) is 10.6 Å². The lowest BCUT2D eigenvalue weighted by atomic mass is 9.99. The van der Waals surface area contributed by atoms with Gasteiger partial charge in [0.15, 0.2) is 0 Å². The molecule has 1 aromatic carbocycles. The normalized spacial score (nSPS) is 11.6. The summed E-state index contributed by atoms with van der Waals surface area (Å²) in [6, 6.07) is 6.18. The van der Waals surface area contributed by atoms with Crippen molar-refractivity contribution in [3.05, 3.63) is 34.9 Å². The van der Waals surface area contributed by atoms with Gasteiger partial charge in [-0.2, -0.15) is 5.26 Å². The minimum absolute atomic E-state index is 0.00368. The average Bonchev–Trinajstić information content (AvgIpc) is 2.70. The Morgan fingerprint density at radius 3 is 2.24 bits per heavy atom. The highest BCUT2D eigenvalue weighted by molar-refractivity contribution is 5.90. The summed E-state index contributed by atoms with van der Waals surface area (Å²) >= 11 is 0. The Balaban J connectivity index is 3.15. The first-order valence-electron chi connectivity index (χ1n) is 11.0. The fourth-order valence-electron chi connectivity index (χ4n) is 3.22. The Kier molecular flexibility index (Phi) is 11.0. The predicted molar refractivity (Wildman–Crippen MR) is 124 cm³/mol. The number of benzene rings is 1. The van der Waals surface area contributed by atoms with Crippen LogP contribution >= 0.6 is 0 Å². The summed E-state index contributed by atoms with van der Waals surface area (Å²) < 4.78 is 10.0. The van der Waals surface area contributed by atoms with Crippen LogP contribution in [0.4, 0.5) is 4.79 Å². The second kappa shape index (κ2) is 13.2. The maximum absolute atomic E-state index is 13.2. The SMILES string of the molecule is CCOC(=O)CCNC(=O)C(c1cc(C)cc(C)c1)N(CC#N)C(=O)CNC(=O)OC(C)(C)C. The second-order valence-corrected chi connectivity index (χ2v) is 8.70. The Morgan fingerprint density at radius 2 is 1.71 bits per heavy atom. The minimum Gasteiger partial charge on any atom is -0.466 e. The van der Waals surface area contributed by atoms with E-state index < -0.39 is 48.6 Å². The molecular weight excluding hydrogens is 440 g/mol. The molecule has 0 aliphatic heterocycles. The van der Waals surface area contributed by atoms with Crippen LogP contribution in [0.15, 0.2) is 18.2 Å². The Bertz CT molecular complexity index is 912. The lowest BCUT2D eigenvalue weighted by Crippen LogP contribution is -2.48. The molecule has 0 spiro atoms. The van der Waals surface area contributed by atoms with Crippen LogP contribution in [0.25, 0.3) is 0 Å². The standard InChI is InChI=1S/C24H34N4O6/c1-7-33-20(30)8-10-26-22(31)21(18-13-16(2)12-17(3)14-18)28(11-9-25)19(29)15-27-23(32)34-24(4,5)6/h12-14,21H,7-8,10-11,15H2,1-6H3,(H,26,31)(H,27,32). The van der Waals surface area contributed by atoms with E-state index in [4.69, 9.17) is 9.47 Å². The van der Waals surface area contributed by atoms with Crippen molar-refractivity contribution in [1.82, 2.24) is 15.5 Å². The van der Waals surface area contributed by atoms with Crippen LogP contribution in [0.2, 0.25) is 0 Å². The third kappa shape index (κ3) is 9.90. The average molecular weight is 475 g/mol. The number of hydrogen-bond donors (Lipinski definition) is 2. The molecule has 0 aliphatic rings. The highest BCUT2D eigenvalue weighted by Crippen LogP contribution is 2.24. The van der Waals surface area contributed by atoms with Gasteiger partial charge in [-0.25, -0.2) is 4.79 Å². The molecule has 34 heavy (non-hydrogen) atoms. The van der Waals surface area contributed by atoms with Crippen LogP contribution in [-0.4, -0.2) is 60.6 Å². The number of ether oxygens (including phenoxy) is 2. The van der Waals surface area contributed by atoms with Gasteiger partial charge in [0.1, 0.15) is 24.7 Å². The van der Waals surface area contributed by atoms with Crippen molar-refractivity contribution < 1.29 is 28.7 Å². The zero-order valence-corrected chi connectivity index (χ0v) is 20.7. The van der Waals surface area contributed by atoms with Crippen LogP contribution < -0.4 is 10.6 Å². The first kappa shape index (κ1) is 28.4. The smallest absolute Gasteiger partial charge is 0.408 e. The van der Waals surface area contributed by atoms with Gasteiger partial charge in [-0.1, -0.05) is 29.3 Å². The number of nitrogens with one attached hydrogen (secondary N) is 2. The minimum atomic E-state index is -1.15. The number of nitrogens with zero attached hydrogens (tertiary/aromatic N) is 2. The van der Waals surface area contributed by atoms with Gasteiger partial charge in [0.25, 0.3) is 0 Å². The largest absolute Gasteiger partial charge is 0.466 e. The lowest BCUT2D eigenvalue weighted by molar-refractivity contribution is -0.143. The molecule has 0 aliphatic carbocycles. The van der Waals surface area contributed by atoms with Gasteiger partial charge in [0.2, 0.25) is 11.8 Å². The van der Waals surface area contributed by atoms with E-state index in [1.807, 2.05) is 26.0 Å². The highest BCUT2D eigenvalue weighted by atomic mass is 16.6. The number of carbonyl (C=O) groups is 4. The fraction of sp³-hybridized carbons (Fsp3) is 0.542. The number of amides is 3. The maximum atomic E-state index is 13.2.